The van der Waals surface area contributed by atoms with E-state index in [2.05, 4.69) is 10.2 Å². The number of nitrogens with zero attached hydrogens (tertiary/aromatic N) is 2. The van der Waals surface area contributed by atoms with Crippen molar-refractivity contribution >= 4 is 11.6 Å². The second-order valence-electron chi connectivity index (χ2n) is 5.48. The van der Waals surface area contributed by atoms with Gasteiger partial charge in [0.1, 0.15) is 5.75 Å². The maximum Gasteiger partial charge on any atom is 0.416 e. The molecule has 3 aromatic rings. The van der Waals surface area contributed by atoms with E-state index in [0.29, 0.717) is 21.9 Å². The Morgan fingerprint density at radius 3 is 2.36 bits per heavy atom. The predicted molar refractivity (Wildman–Crippen MR) is 104 cm³/mol. The van der Waals surface area contributed by atoms with E-state index in [1.807, 2.05) is 0 Å². The number of H-pyrrole nitrogens is 1. The van der Waals surface area contributed by atoms with Gasteiger partial charge in [0.2, 0.25) is 0 Å². The minimum atomic E-state index is -4.41. The maximum absolute atomic E-state index is 12.7. The summed E-state index contributed by atoms with van der Waals surface area (Å²) in [6.07, 6.45) is -4.41. The lowest BCUT2D eigenvalue weighted by Crippen LogP contribution is -2.18. The highest BCUT2D eigenvalue weighted by atomic mass is 35.5. The third kappa shape index (κ3) is 4.75. The molecule has 0 spiro atoms. The Morgan fingerprint density at radius 2 is 1.79 bits per heavy atom. The molecule has 9 heteroatoms. The fraction of sp³-hybridized carbons (Fsp3) is 0.263. The van der Waals surface area contributed by atoms with E-state index in [-0.39, 0.29) is 27.2 Å². The summed E-state index contributed by atoms with van der Waals surface area (Å²) in [4.78, 5) is 12.1. The first-order valence-electron chi connectivity index (χ1n) is 7.45. The van der Waals surface area contributed by atoms with Crippen LogP contribution in [-0.2, 0) is 12.7 Å². The third-order valence-corrected chi connectivity index (χ3v) is 4.02. The summed E-state index contributed by atoms with van der Waals surface area (Å²) in [5, 5.41) is 6.76. The van der Waals surface area contributed by atoms with Crippen LogP contribution >= 0.6 is 11.6 Å². The van der Waals surface area contributed by atoms with Gasteiger partial charge >= 0.3 is 11.9 Å². The Morgan fingerprint density at radius 1 is 1.14 bits per heavy atom. The number of aromatic nitrogens is 3. The number of nitrogens with one attached hydrogen (secondary N) is 1. The summed E-state index contributed by atoms with van der Waals surface area (Å²) in [6.45, 7) is 0.0402. The Labute approximate surface area is 165 Å². The van der Waals surface area contributed by atoms with E-state index >= 15 is 0 Å². The van der Waals surface area contributed by atoms with Gasteiger partial charge in [-0.25, -0.2) is 9.89 Å². The first-order chi connectivity index (χ1) is 12.3. The van der Waals surface area contributed by atoms with Crippen molar-refractivity contribution in [3.8, 4) is 17.1 Å². The molecule has 1 heterocycles. The normalized spacial score (nSPS) is 10.8. The number of rotatable bonds is 4. The van der Waals surface area contributed by atoms with E-state index in [0.717, 1.165) is 12.1 Å². The van der Waals surface area contributed by atoms with Crippen molar-refractivity contribution in [1.82, 2.24) is 14.8 Å². The van der Waals surface area contributed by atoms with Gasteiger partial charge in [0.25, 0.3) is 0 Å². The van der Waals surface area contributed by atoms with Crippen molar-refractivity contribution < 1.29 is 17.9 Å². The van der Waals surface area contributed by atoms with E-state index in [9.17, 15) is 18.0 Å². The molecule has 0 saturated carbocycles. The van der Waals surface area contributed by atoms with Crippen molar-refractivity contribution in [3.63, 3.8) is 0 Å². The average Bonchev–Trinajstić information content (AvgIpc) is 2.95. The minimum Gasteiger partial charge on any atom is -0.496 e. The van der Waals surface area contributed by atoms with Gasteiger partial charge in [-0.1, -0.05) is 38.6 Å². The van der Waals surface area contributed by atoms with Crippen LogP contribution in [0, 0.1) is 0 Å². The molecule has 0 fully saturated rings. The van der Waals surface area contributed by atoms with Crippen LogP contribution in [-0.4, -0.2) is 21.9 Å². The van der Waals surface area contributed by atoms with Crippen LogP contribution in [0.25, 0.3) is 11.4 Å². The standard InChI is InChI=1S/C17H13ClF3N3O2.2CH4/c1-26-14-7-6-12(18)8-13(14)15-22-23-16(25)24(15)9-10-2-4-11(5-3-10)17(19,20)21;;/h2-8H,9H2,1H3,(H,23,25);2*1H4. The number of alkyl halides is 3. The molecule has 1 aromatic heterocycles. The SMILES string of the molecule is C.C.COc1ccc(Cl)cc1-c1n[nH]c(=O)n1Cc1ccc(C(F)(F)F)cc1. The number of hydrogen-bond acceptors (Lipinski definition) is 3. The molecule has 0 aliphatic heterocycles. The van der Waals surface area contributed by atoms with E-state index in [1.54, 1.807) is 18.2 Å². The fourth-order valence-electron chi connectivity index (χ4n) is 2.51. The van der Waals surface area contributed by atoms with Crippen LogP contribution in [0.1, 0.15) is 26.0 Å². The molecule has 0 aliphatic carbocycles. The van der Waals surface area contributed by atoms with Crippen LogP contribution in [0.2, 0.25) is 5.02 Å². The van der Waals surface area contributed by atoms with E-state index in [1.165, 1.54) is 23.8 Å². The van der Waals surface area contributed by atoms with Gasteiger partial charge in [0.05, 0.1) is 24.8 Å². The average molecular weight is 416 g/mol. The molecule has 0 unspecified atom stereocenters. The van der Waals surface area contributed by atoms with Gasteiger partial charge in [-0.15, -0.1) is 0 Å². The van der Waals surface area contributed by atoms with Crippen LogP contribution in [0.3, 0.4) is 0 Å². The largest absolute Gasteiger partial charge is 0.496 e. The monoisotopic (exact) mass is 415 g/mol. The van der Waals surface area contributed by atoms with Gasteiger partial charge in [-0.3, -0.25) is 4.57 Å². The molecule has 0 amide bonds. The van der Waals surface area contributed by atoms with Crippen molar-refractivity contribution in [2.45, 2.75) is 27.6 Å². The first kappa shape index (κ1) is 23.3. The second-order valence-corrected chi connectivity index (χ2v) is 5.91. The second kappa shape index (κ2) is 8.97. The summed E-state index contributed by atoms with van der Waals surface area (Å²) in [5.74, 6) is 0.733. The molecule has 0 atom stereocenters. The van der Waals surface area contributed by atoms with E-state index < -0.39 is 17.4 Å². The highest BCUT2D eigenvalue weighted by molar-refractivity contribution is 6.30. The molecular formula is C19H21ClF3N3O2. The Bertz CT molecular complexity index is 979. The number of ether oxygens (including phenoxy) is 1. The first-order valence-corrected chi connectivity index (χ1v) is 7.82. The van der Waals surface area contributed by atoms with Crippen molar-refractivity contribution in [3.05, 3.63) is 69.1 Å². The molecule has 0 saturated heterocycles. The molecular weight excluding hydrogens is 395 g/mol. The zero-order valence-electron chi connectivity index (χ0n) is 13.5. The van der Waals surface area contributed by atoms with Crippen molar-refractivity contribution in [2.24, 2.45) is 0 Å². The van der Waals surface area contributed by atoms with Gasteiger partial charge in [0, 0.05) is 5.02 Å². The fourth-order valence-corrected chi connectivity index (χ4v) is 2.68. The number of aromatic amines is 1. The van der Waals surface area contributed by atoms with Crippen molar-refractivity contribution in [1.29, 1.82) is 0 Å². The molecule has 0 aliphatic rings. The summed E-state index contributed by atoms with van der Waals surface area (Å²) in [6, 6.07) is 9.45. The molecule has 152 valence electrons. The molecule has 2 aromatic carbocycles. The van der Waals surface area contributed by atoms with Gasteiger partial charge in [-0.05, 0) is 35.9 Å². The number of halogens is 4. The van der Waals surface area contributed by atoms with Gasteiger partial charge < -0.3 is 4.74 Å². The topological polar surface area (TPSA) is 59.9 Å². The van der Waals surface area contributed by atoms with Gasteiger partial charge in [-0.2, -0.15) is 18.3 Å². The summed E-state index contributed by atoms with van der Waals surface area (Å²) >= 11 is 6.02. The summed E-state index contributed by atoms with van der Waals surface area (Å²) in [7, 11) is 1.47. The van der Waals surface area contributed by atoms with Crippen LogP contribution in [0.15, 0.2) is 47.3 Å². The summed E-state index contributed by atoms with van der Waals surface area (Å²) < 4.78 is 44.6. The third-order valence-electron chi connectivity index (χ3n) is 3.78. The van der Waals surface area contributed by atoms with Crippen molar-refractivity contribution in [2.75, 3.05) is 7.11 Å². The molecule has 3 rings (SSSR count). The quantitative estimate of drug-likeness (QED) is 0.634. The lowest BCUT2D eigenvalue weighted by Gasteiger charge is -2.11. The Kier molecular flexibility index (Phi) is 7.46. The Hall–Kier alpha value is -2.74. The predicted octanol–water partition coefficient (Wildman–Crippen LogP) is 5.24. The highest BCUT2D eigenvalue weighted by Gasteiger charge is 2.30. The lowest BCUT2D eigenvalue weighted by molar-refractivity contribution is -0.137. The number of benzene rings is 2. The van der Waals surface area contributed by atoms with Crippen LogP contribution in [0.5, 0.6) is 5.75 Å². The zero-order valence-corrected chi connectivity index (χ0v) is 14.2. The van der Waals surface area contributed by atoms with Crippen LogP contribution < -0.4 is 10.4 Å². The zero-order chi connectivity index (χ0) is 18.9. The molecule has 1 N–H and O–H groups in total. The number of hydrogen-bond donors (Lipinski definition) is 1. The summed E-state index contributed by atoms with van der Waals surface area (Å²) in [5.41, 5.74) is -0.242. The smallest absolute Gasteiger partial charge is 0.416 e. The minimum absolute atomic E-state index is 0. The molecule has 0 radical (unpaired) electrons. The lowest BCUT2D eigenvalue weighted by atomic mass is 10.1. The molecule has 5 nitrogen and oxygen atoms in total. The Balaban J connectivity index is 0.00000196. The van der Waals surface area contributed by atoms with Gasteiger partial charge in [0.15, 0.2) is 5.82 Å². The van der Waals surface area contributed by atoms with Crippen LogP contribution in [0.4, 0.5) is 13.2 Å². The molecule has 0 bridgehead atoms. The number of methoxy groups -OCH3 is 1. The maximum atomic E-state index is 12.7. The van der Waals surface area contributed by atoms with E-state index in [4.69, 9.17) is 16.3 Å². The molecule has 28 heavy (non-hydrogen) atoms. The highest BCUT2D eigenvalue weighted by Crippen LogP contribution is 2.31.